The van der Waals surface area contributed by atoms with Gasteiger partial charge in [-0.2, -0.15) is 0 Å². The van der Waals surface area contributed by atoms with Crippen LogP contribution < -0.4 is 16.4 Å². The highest BCUT2D eigenvalue weighted by molar-refractivity contribution is 6.07. The lowest BCUT2D eigenvalue weighted by Gasteiger charge is -2.25. The van der Waals surface area contributed by atoms with Crippen LogP contribution in [-0.4, -0.2) is 53.0 Å². The predicted octanol–water partition coefficient (Wildman–Crippen LogP) is 3.58. The Balaban J connectivity index is 1.30. The Morgan fingerprint density at radius 3 is 2.70 bits per heavy atom. The molecular formula is C27H28N6O4. The maximum atomic E-state index is 13.1. The van der Waals surface area contributed by atoms with Gasteiger partial charge in [0.1, 0.15) is 17.9 Å². The van der Waals surface area contributed by atoms with Crippen LogP contribution in [0, 0.1) is 0 Å². The first kappa shape index (κ1) is 24.4. The second kappa shape index (κ2) is 10.8. The minimum absolute atomic E-state index is 0.155. The molecule has 1 unspecified atom stereocenters. The van der Waals surface area contributed by atoms with Crippen LogP contribution in [0.5, 0.6) is 0 Å². The number of hydrogen-bond acceptors (Lipinski definition) is 8. The molecule has 37 heavy (non-hydrogen) atoms. The van der Waals surface area contributed by atoms with Gasteiger partial charge in [0.25, 0.3) is 11.8 Å². The van der Waals surface area contributed by atoms with Crippen molar-refractivity contribution in [1.82, 2.24) is 14.9 Å². The number of nitrogens with one attached hydrogen (secondary N) is 2. The quantitative estimate of drug-likeness (QED) is 0.334. The van der Waals surface area contributed by atoms with Gasteiger partial charge in [0.15, 0.2) is 0 Å². The number of nitrogens with two attached hydrogens (primary N) is 1. The Bertz CT molecular complexity index is 1430. The van der Waals surface area contributed by atoms with Gasteiger partial charge in [0.05, 0.1) is 48.7 Å². The van der Waals surface area contributed by atoms with E-state index in [1.807, 2.05) is 37.3 Å². The minimum Gasteiger partial charge on any atom is -0.467 e. The second-order valence-corrected chi connectivity index (χ2v) is 8.88. The summed E-state index contributed by atoms with van der Waals surface area (Å²) in [5, 5.41) is 7.06. The summed E-state index contributed by atoms with van der Waals surface area (Å²) in [5.74, 6) is 0.450. The van der Waals surface area contributed by atoms with Crippen LogP contribution in [0.2, 0.25) is 0 Å². The molecule has 190 valence electrons. The zero-order valence-electron chi connectivity index (χ0n) is 20.4. The molecule has 1 atom stereocenters. The van der Waals surface area contributed by atoms with Crippen LogP contribution in [-0.2, 0) is 11.3 Å². The van der Waals surface area contributed by atoms with Crippen molar-refractivity contribution in [2.75, 3.05) is 36.9 Å². The van der Waals surface area contributed by atoms with E-state index >= 15 is 0 Å². The normalized spacial score (nSPS) is 14.8. The first-order valence-corrected chi connectivity index (χ1v) is 12.1. The van der Waals surface area contributed by atoms with E-state index < -0.39 is 5.91 Å². The minimum atomic E-state index is -0.544. The smallest absolute Gasteiger partial charge is 0.259 e. The van der Waals surface area contributed by atoms with Crippen molar-refractivity contribution in [2.24, 2.45) is 5.73 Å². The molecule has 0 saturated carbocycles. The molecular weight excluding hydrogens is 472 g/mol. The second-order valence-electron chi connectivity index (χ2n) is 8.88. The summed E-state index contributed by atoms with van der Waals surface area (Å²) >= 11 is 0. The molecule has 1 aliphatic rings. The number of aromatic nitrogens is 2. The Kier molecular flexibility index (Phi) is 7.11. The van der Waals surface area contributed by atoms with E-state index in [4.69, 9.17) is 14.9 Å². The first-order valence-electron chi connectivity index (χ1n) is 12.1. The number of ether oxygens (including phenoxy) is 1. The van der Waals surface area contributed by atoms with Crippen LogP contribution in [0.25, 0.3) is 10.9 Å². The van der Waals surface area contributed by atoms with E-state index in [-0.39, 0.29) is 11.9 Å². The number of para-hydroxylation sites is 1. The summed E-state index contributed by atoms with van der Waals surface area (Å²) in [6.07, 6.45) is 2.95. The van der Waals surface area contributed by atoms with Gasteiger partial charge in [-0.05, 0) is 42.8 Å². The first-order chi connectivity index (χ1) is 18.0. The number of furan rings is 1. The summed E-state index contributed by atoms with van der Waals surface area (Å²) in [5.41, 5.74) is 8.46. The van der Waals surface area contributed by atoms with Crippen LogP contribution in [0.15, 0.2) is 65.5 Å². The molecule has 3 heterocycles. The number of morpholine rings is 1. The molecule has 4 aromatic rings. The standard InChI is InChI=1S/C27H28N6O4/c1-17(31-26-22-7-3-6-21(25(28)34)24(22)29-16-30-26)18-4-2-5-19(14-18)32-27(35)20-8-11-37-23(20)15-33-9-12-36-13-10-33/h2-8,11,14,16-17H,9-10,12-13,15H2,1H3,(H2,28,34)(H,32,35)(H,29,30,31). The van der Waals surface area contributed by atoms with E-state index in [0.29, 0.717) is 59.1 Å². The number of nitrogens with zero attached hydrogens (tertiary/aromatic N) is 3. The van der Waals surface area contributed by atoms with Gasteiger partial charge in [-0.15, -0.1) is 0 Å². The molecule has 5 rings (SSSR count). The van der Waals surface area contributed by atoms with Crippen LogP contribution in [0.4, 0.5) is 11.5 Å². The molecule has 4 N–H and O–H groups in total. The number of benzene rings is 2. The van der Waals surface area contributed by atoms with Crippen molar-refractivity contribution >= 4 is 34.2 Å². The van der Waals surface area contributed by atoms with Gasteiger partial charge < -0.3 is 25.5 Å². The molecule has 1 aliphatic heterocycles. The van der Waals surface area contributed by atoms with Crippen molar-refractivity contribution < 1.29 is 18.7 Å². The third-order valence-corrected chi connectivity index (χ3v) is 6.39. The van der Waals surface area contributed by atoms with Crippen LogP contribution >= 0.6 is 0 Å². The molecule has 0 radical (unpaired) electrons. The highest BCUT2D eigenvalue weighted by atomic mass is 16.5. The Morgan fingerprint density at radius 2 is 1.89 bits per heavy atom. The lowest BCUT2D eigenvalue weighted by atomic mass is 10.1. The van der Waals surface area contributed by atoms with Gasteiger partial charge in [-0.1, -0.05) is 18.2 Å². The maximum absolute atomic E-state index is 13.1. The number of rotatable bonds is 8. The molecule has 2 aromatic carbocycles. The topological polar surface area (TPSA) is 136 Å². The lowest BCUT2D eigenvalue weighted by Crippen LogP contribution is -2.36. The predicted molar refractivity (Wildman–Crippen MR) is 139 cm³/mol. The number of anilines is 2. The van der Waals surface area contributed by atoms with E-state index in [1.165, 1.54) is 6.33 Å². The zero-order valence-corrected chi connectivity index (χ0v) is 20.4. The van der Waals surface area contributed by atoms with Gasteiger partial charge >= 0.3 is 0 Å². The van der Waals surface area contributed by atoms with Crippen LogP contribution in [0.3, 0.4) is 0 Å². The van der Waals surface area contributed by atoms with Crippen LogP contribution in [0.1, 0.15) is 45.0 Å². The Hall–Kier alpha value is -4.28. The van der Waals surface area contributed by atoms with Crippen molar-refractivity contribution in [3.05, 3.63) is 83.6 Å². The van der Waals surface area contributed by atoms with Crippen molar-refractivity contribution in [1.29, 1.82) is 0 Å². The van der Waals surface area contributed by atoms with E-state index in [9.17, 15) is 9.59 Å². The van der Waals surface area contributed by atoms with Crippen molar-refractivity contribution in [3.63, 3.8) is 0 Å². The average molecular weight is 501 g/mol. The summed E-state index contributed by atoms with van der Waals surface area (Å²) < 4.78 is 11.0. The van der Waals surface area contributed by atoms with Gasteiger partial charge in [-0.3, -0.25) is 14.5 Å². The third-order valence-electron chi connectivity index (χ3n) is 6.39. The monoisotopic (exact) mass is 500 g/mol. The number of primary amides is 1. The van der Waals surface area contributed by atoms with Gasteiger partial charge in [0, 0.05) is 24.2 Å². The number of carbonyl (C=O) groups excluding carboxylic acids is 2. The molecule has 0 bridgehead atoms. The molecule has 2 aromatic heterocycles. The summed E-state index contributed by atoms with van der Waals surface area (Å²) in [6, 6.07) is 14.4. The molecule has 10 heteroatoms. The summed E-state index contributed by atoms with van der Waals surface area (Å²) in [6.45, 7) is 5.52. The Labute approximate surface area is 213 Å². The fourth-order valence-electron chi connectivity index (χ4n) is 4.40. The Morgan fingerprint density at radius 1 is 1.08 bits per heavy atom. The lowest BCUT2D eigenvalue weighted by molar-refractivity contribution is 0.0312. The third kappa shape index (κ3) is 5.45. The summed E-state index contributed by atoms with van der Waals surface area (Å²) in [4.78, 5) is 35.7. The van der Waals surface area contributed by atoms with Crippen molar-refractivity contribution in [2.45, 2.75) is 19.5 Å². The molecule has 10 nitrogen and oxygen atoms in total. The number of fused-ring (bicyclic) bond motifs is 1. The SMILES string of the molecule is CC(Nc1ncnc2c(C(N)=O)cccc12)c1cccc(NC(=O)c2ccoc2CN2CCOCC2)c1. The number of carbonyl (C=O) groups is 2. The average Bonchev–Trinajstić information content (AvgIpc) is 3.37. The highest BCUT2D eigenvalue weighted by Crippen LogP contribution is 2.27. The fraction of sp³-hybridized carbons (Fsp3) is 0.259. The fourth-order valence-corrected chi connectivity index (χ4v) is 4.40. The highest BCUT2D eigenvalue weighted by Gasteiger charge is 2.20. The van der Waals surface area contributed by atoms with Gasteiger partial charge in [-0.25, -0.2) is 9.97 Å². The largest absolute Gasteiger partial charge is 0.467 e. The molecule has 1 saturated heterocycles. The molecule has 0 spiro atoms. The van der Waals surface area contributed by atoms with E-state index in [1.54, 1.807) is 24.5 Å². The molecule has 1 fully saturated rings. The van der Waals surface area contributed by atoms with E-state index in [0.717, 1.165) is 18.7 Å². The maximum Gasteiger partial charge on any atom is 0.259 e. The molecule has 2 amide bonds. The number of amides is 2. The van der Waals surface area contributed by atoms with Gasteiger partial charge in [0.2, 0.25) is 0 Å². The zero-order chi connectivity index (χ0) is 25.8. The van der Waals surface area contributed by atoms with Crippen molar-refractivity contribution in [3.8, 4) is 0 Å². The number of hydrogen-bond donors (Lipinski definition) is 3. The molecule has 0 aliphatic carbocycles. The van der Waals surface area contributed by atoms with E-state index in [2.05, 4.69) is 25.5 Å². The summed E-state index contributed by atoms with van der Waals surface area (Å²) in [7, 11) is 0.